The Labute approximate surface area is 189 Å². The molecule has 2 aromatic carbocycles. The maximum atomic E-state index is 13.6. The molecule has 8 heteroatoms. The summed E-state index contributed by atoms with van der Waals surface area (Å²) in [6.45, 7) is 2.03. The Kier molecular flexibility index (Phi) is 6.03. The second-order valence-corrected chi connectivity index (χ2v) is 10.5. The Morgan fingerprint density at radius 1 is 1.16 bits per heavy atom. The molecular formula is C23H23BrN2O4S. The first kappa shape index (κ1) is 21.8. The fraction of sp³-hybridized carbons (Fsp3) is 0.304. The van der Waals surface area contributed by atoms with Crippen LogP contribution >= 0.6 is 15.9 Å². The Morgan fingerprint density at radius 2 is 1.87 bits per heavy atom. The Morgan fingerprint density at radius 3 is 2.58 bits per heavy atom. The lowest BCUT2D eigenvalue weighted by Gasteiger charge is -2.21. The Hall–Kier alpha value is -2.45. The number of rotatable bonds is 6. The molecule has 0 spiro atoms. The van der Waals surface area contributed by atoms with Crippen LogP contribution in [0, 0.1) is 0 Å². The number of halogens is 1. The average molecular weight is 503 g/mol. The standard InChI is InChI=1S/C23H23BrN2O4S/c1-2-3-8-20-25-22(27)21(31(29,30)17-12-10-16(24)11-13-17)23(28)26(20)19-14-9-15-6-4-5-7-18(15)19/h4-7,10-13,19,27H,2-3,8-9,14H2,1H3. The molecule has 0 fully saturated rings. The number of aryl methyl sites for hydroxylation is 2. The van der Waals surface area contributed by atoms with Crippen LogP contribution in [0.2, 0.25) is 0 Å². The normalized spacial score (nSPS) is 15.7. The summed E-state index contributed by atoms with van der Waals surface area (Å²) in [6.07, 6.45) is 3.63. The SMILES string of the molecule is CCCCc1nc(O)c(S(=O)(=O)c2ccc(Br)cc2)c(=O)n1C1CCc2ccccc21. The van der Waals surface area contributed by atoms with E-state index in [4.69, 9.17) is 0 Å². The molecule has 6 nitrogen and oxygen atoms in total. The van der Waals surface area contributed by atoms with Crippen LogP contribution in [0.15, 0.2) is 67.6 Å². The van der Waals surface area contributed by atoms with Gasteiger partial charge in [-0.15, -0.1) is 0 Å². The summed E-state index contributed by atoms with van der Waals surface area (Å²) in [6, 6.07) is 13.5. The van der Waals surface area contributed by atoms with E-state index in [1.807, 2.05) is 31.2 Å². The molecule has 4 rings (SSSR count). The number of aromatic nitrogens is 2. The zero-order valence-electron chi connectivity index (χ0n) is 17.1. The van der Waals surface area contributed by atoms with E-state index in [1.54, 1.807) is 12.1 Å². The van der Waals surface area contributed by atoms with E-state index >= 15 is 0 Å². The van der Waals surface area contributed by atoms with Crippen LogP contribution in [-0.4, -0.2) is 23.1 Å². The average Bonchev–Trinajstić information content (AvgIpc) is 3.16. The number of fused-ring (bicyclic) bond motifs is 1. The molecule has 1 N–H and O–H groups in total. The van der Waals surface area contributed by atoms with Crippen LogP contribution in [0.1, 0.15) is 49.2 Å². The zero-order valence-corrected chi connectivity index (χ0v) is 19.5. The lowest BCUT2D eigenvalue weighted by molar-refractivity contribution is 0.408. The van der Waals surface area contributed by atoms with Crippen molar-refractivity contribution in [2.45, 2.75) is 54.9 Å². The minimum Gasteiger partial charge on any atom is -0.492 e. The first-order valence-corrected chi connectivity index (χ1v) is 12.5. The van der Waals surface area contributed by atoms with Crippen molar-refractivity contribution in [1.82, 2.24) is 9.55 Å². The number of sulfone groups is 1. The molecule has 162 valence electrons. The van der Waals surface area contributed by atoms with Gasteiger partial charge in [-0.1, -0.05) is 53.5 Å². The molecule has 0 bridgehead atoms. The van der Waals surface area contributed by atoms with E-state index < -0.39 is 26.2 Å². The lowest BCUT2D eigenvalue weighted by Crippen LogP contribution is -2.33. The Balaban J connectivity index is 1.94. The first-order valence-electron chi connectivity index (χ1n) is 10.3. The van der Waals surface area contributed by atoms with Crippen molar-refractivity contribution >= 4 is 25.8 Å². The zero-order chi connectivity index (χ0) is 22.2. The monoisotopic (exact) mass is 502 g/mol. The van der Waals surface area contributed by atoms with Crippen LogP contribution in [0.25, 0.3) is 0 Å². The van der Waals surface area contributed by atoms with Crippen molar-refractivity contribution in [3.8, 4) is 5.88 Å². The number of nitrogens with zero attached hydrogens (tertiary/aromatic N) is 2. The van der Waals surface area contributed by atoms with Gasteiger partial charge >= 0.3 is 0 Å². The second kappa shape index (κ2) is 8.59. The summed E-state index contributed by atoms with van der Waals surface area (Å²) < 4.78 is 28.8. The maximum absolute atomic E-state index is 13.6. The molecule has 0 amide bonds. The van der Waals surface area contributed by atoms with Gasteiger partial charge in [-0.2, -0.15) is 4.98 Å². The third-order valence-electron chi connectivity index (χ3n) is 5.69. The quantitative estimate of drug-likeness (QED) is 0.538. The largest absolute Gasteiger partial charge is 0.492 e. The molecule has 1 unspecified atom stereocenters. The van der Waals surface area contributed by atoms with E-state index in [9.17, 15) is 18.3 Å². The minimum absolute atomic E-state index is 0.0652. The van der Waals surface area contributed by atoms with Gasteiger partial charge in [0.15, 0.2) is 4.90 Å². The highest BCUT2D eigenvalue weighted by Crippen LogP contribution is 2.35. The molecule has 1 heterocycles. The summed E-state index contributed by atoms with van der Waals surface area (Å²) >= 11 is 3.28. The third-order valence-corrected chi connectivity index (χ3v) is 8.00. The van der Waals surface area contributed by atoms with Crippen LogP contribution in [-0.2, 0) is 22.7 Å². The van der Waals surface area contributed by atoms with Crippen molar-refractivity contribution in [1.29, 1.82) is 0 Å². The van der Waals surface area contributed by atoms with Gasteiger partial charge in [-0.3, -0.25) is 9.36 Å². The van der Waals surface area contributed by atoms with E-state index in [-0.39, 0.29) is 10.9 Å². The minimum atomic E-state index is -4.25. The number of hydrogen-bond donors (Lipinski definition) is 1. The van der Waals surface area contributed by atoms with Crippen LogP contribution in [0.5, 0.6) is 5.88 Å². The van der Waals surface area contributed by atoms with Crippen molar-refractivity contribution in [2.24, 2.45) is 0 Å². The van der Waals surface area contributed by atoms with Crippen molar-refractivity contribution in [3.63, 3.8) is 0 Å². The number of benzene rings is 2. The van der Waals surface area contributed by atoms with E-state index in [0.29, 0.717) is 23.1 Å². The van der Waals surface area contributed by atoms with E-state index in [1.165, 1.54) is 16.7 Å². The highest BCUT2D eigenvalue weighted by Gasteiger charge is 2.33. The molecule has 1 aliphatic rings. The summed E-state index contributed by atoms with van der Waals surface area (Å²) in [5, 5.41) is 10.6. The van der Waals surface area contributed by atoms with Gasteiger partial charge in [0.2, 0.25) is 15.7 Å². The first-order chi connectivity index (χ1) is 14.8. The number of unbranched alkanes of at least 4 members (excludes halogenated alkanes) is 1. The van der Waals surface area contributed by atoms with Gasteiger partial charge in [0.05, 0.1) is 10.9 Å². The van der Waals surface area contributed by atoms with Gasteiger partial charge in [0.1, 0.15) is 5.82 Å². The molecule has 1 atom stereocenters. The van der Waals surface area contributed by atoms with Crippen LogP contribution < -0.4 is 5.56 Å². The Bertz CT molecular complexity index is 1280. The topological polar surface area (TPSA) is 89.3 Å². The molecule has 0 saturated heterocycles. The predicted molar refractivity (Wildman–Crippen MR) is 121 cm³/mol. The number of hydrogen-bond acceptors (Lipinski definition) is 5. The van der Waals surface area contributed by atoms with Crippen LogP contribution in [0.3, 0.4) is 0 Å². The van der Waals surface area contributed by atoms with Crippen molar-refractivity contribution < 1.29 is 13.5 Å². The maximum Gasteiger partial charge on any atom is 0.277 e. The predicted octanol–water partition coefficient (Wildman–Crippen LogP) is 4.42. The van der Waals surface area contributed by atoms with Gasteiger partial charge in [-0.05, 0) is 54.7 Å². The van der Waals surface area contributed by atoms with Gasteiger partial charge in [-0.25, -0.2) is 8.42 Å². The highest BCUT2D eigenvalue weighted by atomic mass is 79.9. The van der Waals surface area contributed by atoms with Gasteiger partial charge in [0.25, 0.3) is 5.56 Å². The molecule has 0 aliphatic heterocycles. The number of aromatic hydroxyl groups is 1. The second-order valence-electron chi connectivity index (χ2n) is 7.67. The van der Waals surface area contributed by atoms with E-state index in [2.05, 4.69) is 20.9 Å². The molecule has 0 radical (unpaired) electrons. The lowest BCUT2D eigenvalue weighted by atomic mass is 10.1. The molecule has 31 heavy (non-hydrogen) atoms. The molecule has 3 aromatic rings. The molecule has 0 saturated carbocycles. The summed E-state index contributed by atoms with van der Waals surface area (Å²) in [7, 11) is -4.25. The molecule has 1 aromatic heterocycles. The molecular weight excluding hydrogens is 480 g/mol. The smallest absolute Gasteiger partial charge is 0.277 e. The summed E-state index contributed by atoms with van der Waals surface area (Å²) in [5.74, 6) is -0.317. The summed E-state index contributed by atoms with van der Waals surface area (Å²) in [4.78, 5) is 17.1. The van der Waals surface area contributed by atoms with Crippen molar-refractivity contribution in [3.05, 3.63) is 80.3 Å². The van der Waals surface area contributed by atoms with Gasteiger partial charge < -0.3 is 5.11 Å². The van der Waals surface area contributed by atoms with Gasteiger partial charge in [0, 0.05) is 10.9 Å². The summed E-state index contributed by atoms with van der Waals surface area (Å²) in [5.41, 5.74) is 1.43. The third kappa shape index (κ3) is 3.94. The fourth-order valence-electron chi connectivity index (χ4n) is 4.15. The highest BCUT2D eigenvalue weighted by molar-refractivity contribution is 9.10. The fourth-order valence-corrected chi connectivity index (χ4v) is 5.76. The molecule has 1 aliphatic carbocycles. The van der Waals surface area contributed by atoms with E-state index in [0.717, 1.165) is 30.4 Å². The van der Waals surface area contributed by atoms with Crippen molar-refractivity contribution in [2.75, 3.05) is 0 Å². The van der Waals surface area contributed by atoms with Crippen LogP contribution in [0.4, 0.5) is 0 Å².